The minimum absolute atomic E-state index is 0.00292. The average Bonchev–Trinajstić information content (AvgIpc) is 3.31. The van der Waals surface area contributed by atoms with Gasteiger partial charge < -0.3 is 20.4 Å². The molecular weight excluding hydrogens is 478 g/mol. The van der Waals surface area contributed by atoms with Gasteiger partial charge in [-0.25, -0.2) is 0 Å². The van der Waals surface area contributed by atoms with E-state index in [2.05, 4.69) is 5.32 Å². The number of thioether (sulfide) groups is 1. The molecule has 2 aromatic rings. The lowest BCUT2D eigenvalue weighted by molar-refractivity contribution is -0.158. The molecule has 1 heterocycles. The van der Waals surface area contributed by atoms with E-state index in [0.717, 1.165) is 0 Å². The summed E-state index contributed by atoms with van der Waals surface area (Å²) < 4.78 is 0. The molecule has 36 heavy (non-hydrogen) atoms. The minimum atomic E-state index is -2.59. The Kier molecular flexibility index (Phi) is 8.48. The molecule has 0 aliphatic carbocycles. The number of rotatable bonds is 8. The monoisotopic (exact) mass is 513 g/mol. The van der Waals surface area contributed by atoms with Crippen molar-refractivity contribution >= 4 is 29.4 Å². The van der Waals surface area contributed by atoms with E-state index < -0.39 is 34.9 Å². The standard InChI is InChI=1S/C27H35N3O5S/c1-5-18-19(12-9-13-22(18)31)23(32)20(14-17-10-7-6-8-11-17)27(28,35)25(34)30-16-36-15-21(30)24(33)29-26(2,3)4/h6-13,20-21,31,35H,5,14-16,28H2,1-4H3,(H,29,33)/t20-,21+,27+/m1/s1. The lowest BCUT2D eigenvalue weighted by Crippen LogP contribution is -2.64. The van der Waals surface area contributed by atoms with Gasteiger partial charge in [0, 0.05) is 22.4 Å². The van der Waals surface area contributed by atoms with Crippen molar-refractivity contribution in [2.24, 2.45) is 11.7 Å². The van der Waals surface area contributed by atoms with Crippen LogP contribution in [0, 0.1) is 5.92 Å². The van der Waals surface area contributed by atoms with E-state index >= 15 is 0 Å². The third-order valence-corrected chi connectivity index (χ3v) is 7.20. The maximum Gasteiger partial charge on any atom is 0.271 e. The Hall–Kier alpha value is -2.88. The number of benzene rings is 2. The van der Waals surface area contributed by atoms with E-state index in [1.165, 1.54) is 22.7 Å². The first-order valence-corrected chi connectivity index (χ1v) is 13.1. The number of nitrogens with one attached hydrogen (secondary N) is 1. The third kappa shape index (κ3) is 6.08. The number of nitrogens with two attached hydrogens (primary N) is 1. The van der Waals surface area contributed by atoms with Gasteiger partial charge in [-0.1, -0.05) is 49.4 Å². The molecule has 1 aliphatic rings. The van der Waals surface area contributed by atoms with Gasteiger partial charge in [0.2, 0.25) is 11.6 Å². The van der Waals surface area contributed by atoms with Crippen molar-refractivity contribution < 1.29 is 24.6 Å². The quantitative estimate of drug-likeness (QED) is 0.315. The first-order chi connectivity index (χ1) is 16.9. The molecule has 0 bridgehead atoms. The highest BCUT2D eigenvalue weighted by molar-refractivity contribution is 7.99. The zero-order chi connectivity index (χ0) is 26.7. The summed E-state index contributed by atoms with van der Waals surface area (Å²) in [4.78, 5) is 41.7. The van der Waals surface area contributed by atoms with Crippen LogP contribution >= 0.6 is 11.8 Å². The smallest absolute Gasteiger partial charge is 0.271 e. The van der Waals surface area contributed by atoms with E-state index in [1.54, 1.807) is 43.3 Å². The fourth-order valence-corrected chi connectivity index (χ4v) is 5.51. The molecule has 2 aromatic carbocycles. The molecular formula is C27H35N3O5S. The summed E-state index contributed by atoms with van der Waals surface area (Å²) >= 11 is 1.38. The van der Waals surface area contributed by atoms with Gasteiger partial charge in [0.1, 0.15) is 11.8 Å². The number of amides is 2. The Morgan fingerprint density at radius 1 is 1.14 bits per heavy atom. The van der Waals surface area contributed by atoms with Crippen molar-refractivity contribution in [3.8, 4) is 5.75 Å². The molecule has 3 atom stereocenters. The molecule has 9 heteroatoms. The lowest BCUT2D eigenvalue weighted by Gasteiger charge is -2.36. The average molecular weight is 514 g/mol. The van der Waals surface area contributed by atoms with Crippen LogP contribution in [0.1, 0.15) is 49.2 Å². The van der Waals surface area contributed by atoms with Gasteiger partial charge in [-0.05, 0) is 45.2 Å². The maximum atomic E-state index is 13.8. The summed E-state index contributed by atoms with van der Waals surface area (Å²) in [5.41, 5.74) is 4.57. The van der Waals surface area contributed by atoms with Crippen LogP contribution in [-0.2, 0) is 22.4 Å². The van der Waals surface area contributed by atoms with Gasteiger partial charge in [-0.2, -0.15) is 0 Å². The van der Waals surface area contributed by atoms with Gasteiger partial charge in [0.05, 0.1) is 11.8 Å². The second-order valence-corrected chi connectivity index (χ2v) is 11.1. The molecule has 0 saturated carbocycles. The number of nitrogens with zero attached hydrogens (tertiary/aromatic N) is 1. The van der Waals surface area contributed by atoms with E-state index in [4.69, 9.17) is 5.73 Å². The fourth-order valence-electron chi connectivity index (χ4n) is 4.35. The Morgan fingerprint density at radius 3 is 2.42 bits per heavy atom. The van der Waals surface area contributed by atoms with Crippen LogP contribution in [0.2, 0.25) is 0 Å². The van der Waals surface area contributed by atoms with E-state index in [-0.39, 0.29) is 29.5 Å². The number of phenols is 1. The van der Waals surface area contributed by atoms with Gasteiger partial charge >= 0.3 is 0 Å². The van der Waals surface area contributed by atoms with Crippen molar-refractivity contribution in [1.82, 2.24) is 10.2 Å². The minimum Gasteiger partial charge on any atom is -0.508 e. The molecule has 1 aliphatic heterocycles. The summed E-state index contributed by atoms with van der Waals surface area (Å²) in [6.45, 7) is 7.33. The number of carbonyl (C=O) groups is 3. The fraction of sp³-hybridized carbons (Fsp3) is 0.444. The Balaban J connectivity index is 2.00. The summed E-state index contributed by atoms with van der Waals surface area (Å²) in [6.07, 6.45) is 0.373. The molecule has 2 amide bonds. The number of aliphatic hydroxyl groups is 1. The van der Waals surface area contributed by atoms with Crippen LogP contribution in [-0.4, -0.2) is 61.6 Å². The van der Waals surface area contributed by atoms with Crippen molar-refractivity contribution in [1.29, 1.82) is 0 Å². The highest BCUT2D eigenvalue weighted by Gasteiger charge is 2.50. The van der Waals surface area contributed by atoms with Crippen molar-refractivity contribution in [2.45, 2.75) is 57.8 Å². The summed E-state index contributed by atoms with van der Waals surface area (Å²) in [5.74, 6) is -2.64. The first kappa shape index (κ1) is 27.7. The zero-order valence-electron chi connectivity index (χ0n) is 21.2. The topological polar surface area (TPSA) is 133 Å². The molecule has 194 valence electrons. The zero-order valence-corrected chi connectivity index (χ0v) is 22.0. The molecule has 0 aromatic heterocycles. The van der Waals surface area contributed by atoms with Crippen LogP contribution in [0.5, 0.6) is 5.75 Å². The first-order valence-electron chi connectivity index (χ1n) is 12.0. The molecule has 1 saturated heterocycles. The van der Waals surface area contributed by atoms with Crippen LogP contribution in [0.3, 0.4) is 0 Å². The van der Waals surface area contributed by atoms with Crippen molar-refractivity contribution in [3.63, 3.8) is 0 Å². The number of ketones is 1. The van der Waals surface area contributed by atoms with Crippen LogP contribution in [0.15, 0.2) is 48.5 Å². The number of carbonyl (C=O) groups excluding carboxylic acids is 3. The maximum absolute atomic E-state index is 13.8. The second-order valence-electron chi connectivity index (χ2n) is 10.1. The predicted octanol–water partition coefficient (Wildman–Crippen LogP) is 2.46. The summed E-state index contributed by atoms with van der Waals surface area (Å²) in [7, 11) is 0. The third-order valence-electron chi connectivity index (χ3n) is 6.19. The Morgan fingerprint density at radius 2 is 1.81 bits per heavy atom. The number of aromatic hydroxyl groups is 1. The van der Waals surface area contributed by atoms with E-state index in [1.807, 2.05) is 26.8 Å². The van der Waals surface area contributed by atoms with Gasteiger partial charge in [-0.15, -0.1) is 11.8 Å². The highest BCUT2D eigenvalue weighted by Crippen LogP contribution is 2.32. The van der Waals surface area contributed by atoms with E-state index in [9.17, 15) is 24.6 Å². The van der Waals surface area contributed by atoms with Crippen molar-refractivity contribution in [3.05, 3.63) is 65.2 Å². The van der Waals surface area contributed by atoms with Crippen LogP contribution in [0.25, 0.3) is 0 Å². The largest absolute Gasteiger partial charge is 0.508 e. The lowest BCUT2D eigenvalue weighted by atomic mass is 9.81. The molecule has 5 N–H and O–H groups in total. The molecule has 3 rings (SSSR count). The normalized spacial score (nSPS) is 18.4. The summed E-state index contributed by atoms with van der Waals surface area (Å²) in [6, 6.07) is 12.8. The van der Waals surface area contributed by atoms with Crippen molar-refractivity contribution in [2.75, 3.05) is 11.6 Å². The van der Waals surface area contributed by atoms with E-state index in [0.29, 0.717) is 23.3 Å². The molecule has 1 fully saturated rings. The molecule has 0 spiro atoms. The number of phenolic OH excluding ortho intramolecular Hbond substituents is 1. The SMILES string of the molecule is CCc1c(O)cccc1C(=O)[C@@H](Cc1ccccc1)[C@](N)(O)C(=O)N1CSC[C@H]1C(=O)NC(C)(C)C. The molecule has 0 radical (unpaired) electrons. The number of hydrogen-bond acceptors (Lipinski definition) is 7. The van der Waals surface area contributed by atoms with Gasteiger partial charge in [0.25, 0.3) is 5.91 Å². The van der Waals surface area contributed by atoms with Gasteiger partial charge in [-0.3, -0.25) is 20.1 Å². The second kappa shape index (κ2) is 11.0. The molecule has 8 nitrogen and oxygen atoms in total. The number of hydrogen-bond donors (Lipinski definition) is 4. The summed E-state index contributed by atoms with van der Waals surface area (Å²) in [5, 5.41) is 24.7. The highest BCUT2D eigenvalue weighted by atomic mass is 32.2. The molecule has 0 unspecified atom stereocenters. The van der Waals surface area contributed by atoms with Crippen LogP contribution < -0.4 is 11.1 Å². The Labute approximate surface area is 216 Å². The van der Waals surface area contributed by atoms with Crippen LogP contribution in [0.4, 0.5) is 0 Å². The number of Topliss-reactive ketones (excluding diaryl/α,β-unsaturated/α-hetero) is 1. The van der Waals surface area contributed by atoms with Gasteiger partial charge in [0.15, 0.2) is 5.78 Å². The predicted molar refractivity (Wildman–Crippen MR) is 140 cm³/mol. The Bertz CT molecular complexity index is 1110.